The topological polar surface area (TPSA) is 55.6 Å². The molecule has 126 valence electrons. The second-order valence-electron chi connectivity index (χ2n) is 4.86. The van der Waals surface area contributed by atoms with Crippen LogP contribution in [0.5, 0.6) is 0 Å². The van der Waals surface area contributed by atoms with E-state index >= 15 is 0 Å². The quantitative estimate of drug-likeness (QED) is 0.468. The number of halogens is 2. The van der Waals surface area contributed by atoms with Crippen LogP contribution in [0.25, 0.3) is 5.69 Å². The van der Waals surface area contributed by atoms with E-state index in [-0.39, 0.29) is 12.4 Å². The van der Waals surface area contributed by atoms with Crippen molar-refractivity contribution in [2.75, 3.05) is 12.3 Å². The minimum atomic E-state index is 0. The number of aromatic nitrogens is 4. The molecule has 0 spiro atoms. The van der Waals surface area contributed by atoms with Crippen LogP contribution < -0.4 is 17.7 Å². The summed E-state index contributed by atoms with van der Waals surface area (Å²) in [5.74, 6) is 0.883. The van der Waals surface area contributed by atoms with Crippen molar-refractivity contribution < 1.29 is 12.4 Å². The molecule has 3 rings (SSSR count). The fraction of sp³-hybridized carbons (Fsp3) is 0.188. The Morgan fingerprint density at radius 2 is 1.92 bits per heavy atom. The van der Waals surface area contributed by atoms with Gasteiger partial charge in [-0.05, 0) is 40.3 Å². The lowest BCUT2D eigenvalue weighted by Gasteiger charge is -2.06. The number of hydrogen-bond donors (Lipinski definition) is 1. The first-order valence-corrected chi connectivity index (χ1v) is 8.61. The highest BCUT2D eigenvalue weighted by atomic mass is 35.5. The fourth-order valence-corrected chi connectivity index (χ4v) is 3.09. The summed E-state index contributed by atoms with van der Waals surface area (Å²) < 4.78 is 1.75. The van der Waals surface area contributed by atoms with Crippen molar-refractivity contribution in [3.63, 3.8) is 0 Å². The van der Waals surface area contributed by atoms with E-state index in [4.69, 9.17) is 11.6 Å². The van der Waals surface area contributed by atoms with Crippen LogP contribution in [0.3, 0.4) is 0 Å². The van der Waals surface area contributed by atoms with E-state index in [1.54, 1.807) is 16.4 Å². The van der Waals surface area contributed by atoms with Crippen LogP contribution >= 0.6 is 23.4 Å². The normalized spacial score (nSPS) is 10.4. The molecular weight excluding hydrogens is 365 g/mol. The summed E-state index contributed by atoms with van der Waals surface area (Å²) in [6, 6.07) is 17.7. The van der Waals surface area contributed by atoms with Gasteiger partial charge in [0.15, 0.2) is 0 Å². The van der Waals surface area contributed by atoms with Crippen molar-refractivity contribution in [3.05, 3.63) is 65.2 Å². The lowest BCUT2D eigenvalue weighted by Crippen LogP contribution is -3.00. The monoisotopic (exact) mass is 380 g/mol. The van der Waals surface area contributed by atoms with E-state index in [1.165, 1.54) is 5.56 Å². The zero-order valence-corrected chi connectivity index (χ0v) is 15.1. The van der Waals surface area contributed by atoms with Gasteiger partial charge in [-0.25, -0.2) is 0 Å². The molecule has 1 aromatic heterocycles. The van der Waals surface area contributed by atoms with E-state index in [0.29, 0.717) is 0 Å². The Bertz CT molecular complexity index is 751. The Morgan fingerprint density at radius 1 is 1.08 bits per heavy atom. The number of nitrogens with zero attached hydrogens (tertiary/aromatic N) is 4. The Balaban J connectivity index is 0.00000208. The molecule has 0 saturated carbocycles. The van der Waals surface area contributed by atoms with Gasteiger partial charge in [0, 0.05) is 23.9 Å². The second-order valence-corrected chi connectivity index (χ2v) is 6.36. The molecule has 0 radical (unpaired) electrons. The van der Waals surface area contributed by atoms with E-state index < -0.39 is 0 Å². The second kappa shape index (κ2) is 9.64. The van der Waals surface area contributed by atoms with Gasteiger partial charge >= 0.3 is 0 Å². The average molecular weight is 381 g/mol. The number of para-hydroxylation sites is 1. The minimum absolute atomic E-state index is 0. The zero-order valence-electron chi connectivity index (χ0n) is 12.8. The van der Waals surface area contributed by atoms with Crippen LogP contribution in [-0.4, -0.2) is 32.5 Å². The summed E-state index contributed by atoms with van der Waals surface area (Å²) in [6.07, 6.45) is 0. The van der Waals surface area contributed by atoms with Crippen molar-refractivity contribution >= 4 is 23.4 Å². The maximum absolute atomic E-state index is 5.97. The number of thioether (sulfide) groups is 1. The molecule has 0 aliphatic rings. The highest BCUT2D eigenvalue weighted by Crippen LogP contribution is 2.17. The number of benzene rings is 2. The molecule has 1 N–H and O–H groups in total. The van der Waals surface area contributed by atoms with Crippen molar-refractivity contribution in [2.45, 2.75) is 11.7 Å². The Hall–Kier alpha value is -1.60. The highest BCUT2D eigenvalue weighted by Gasteiger charge is 2.07. The first kappa shape index (κ1) is 18.7. The highest BCUT2D eigenvalue weighted by molar-refractivity contribution is 7.99. The van der Waals surface area contributed by atoms with Crippen LogP contribution in [0.4, 0.5) is 0 Å². The third kappa shape index (κ3) is 5.21. The number of nitrogens with one attached hydrogen (secondary N) is 1. The molecule has 0 bridgehead atoms. The molecule has 0 unspecified atom stereocenters. The smallest absolute Gasteiger partial charge is 0.214 e. The predicted molar refractivity (Wildman–Crippen MR) is 93.0 cm³/mol. The first-order chi connectivity index (χ1) is 11.3. The molecule has 0 amide bonds. The van der Waals surface area contributed by atoms with Crippen LogP contribution in [-0.2, 0) is 6.54 Å². The summed E-state index contributed by atoms with van der Waals surface area (Å²) in [4.78, 5) is 0. The van der Waals surface area contributed by atoms with Crippen molar-refractivity contribution in [2.24, 2.45) is 0 Å². The molecule has 0 aliphatic heterocycles. The van der Waals surface area contributed by atoms with Gasteiger partial charge in [0.05, 0.1) is 5.69 Å². The van der Waals surface area contributed by atoms with Gasteiger partial charge in [0.25, 0.3) is 0 Å². The predicted octanol–water partition coefficient (Wildman–Crippen LogP) is 0.202. The maximum atomic E-state index is 5.97. The van der Waals surface area contributed by atoms with E-state index in [9.17, 15) is 0 Å². The zero-order chi connectivity index (χ0) is 15.9. The number of hydrogen-bond acceptors (Lipinski definition) is 5. The largest absolute Gasteiger partial charge is 1.00 e. The standard InChI is InChI=1S/C16H16ClN5S.ClH/c17-14-6-4-5-13(11-14)12-18-9-10-23-16-19-20-21-22(16)15-7-2-1-3-8-15;/h1-8,11,18H,9-10,12H2;1H/p-1. The van der Waals surface area contributed by atoms with Gasteiger partial charge in [0.1, 0.15) is 0 Å². The SMILES string of the molecule is Clc1cccc(CNCCSc2nnnn2-c2ccccc2)c1.[Cl-]. The summed E-state index contributed by atoms with van der Waals surface area (Å²) in [6.45, 7) is 1.66. The summed E-state index contributed by atoms with van der Waals surface area (Å²) in [7, 11) is 0. The van der Waals surface area contributed by atoms with Crippen LogP contribution in [0.15, 0.2) is 59.8 Å². The van der Waals surface area contributed by atoms with E-state index in [2.05, 4.69) is 26.9 Å². The molecule has 1 heterocycles. The van der Waals surface area contributed by atoms with Gasteiger partial charge in [-0.1, -0.05) is 53.7 Å². The summed E-state index contributed by atoms with van der Waals surface area (Å²) in [5, 5.41) is 16.8. The molecule has 0 aliphatic carbocycles. The molecule has 0 atom stereocenters. The minimum Gasteiger partial charge on any atom is -1.00 e. The van der Waals surface area contributed by atoms with Crippen LogP contribution in [0.1, 0.15) is 5.56 Å². The molecule has 0 fully saturated rings. The fourth-order valence-electron chi connectivity index (χ4n) is 2.09. The Labute approximate surface area is 156 Å². The van der Waals surface area contributed by atoms with Gasteiger partial charge < -0.3 is 17.7 Å². The third-order valence-corrected chi connectivity index (χ3v) is 4.33. The van der Waals surface area contributed by atoms with Crippen LogP contribution in [0, 0.1) is 0 Å². The summed E-state index contributed by atoms with van der Waals surface area (Å²) >= 11 is 7.60. The number of rotatable bonds is 7. The molecule has 0 saturated heterocycles. The van der Waals surface area contributed by atoms with Gasteiger partial charge in [0.2, 0.25) is 5.16 Å². The average Bonchev–Trinajstić information content (AvgIpc) is 3.04. The van der Waals surface area contributed by atoms with E-state index in [0.717, 1.165) is 34.7 Å². The lowest BCUT2D eigenvalue weighted by molar-refractivity contribution is -0.00000466. The Kier molecular flexibility index (Phi) is 7.52. The van der Waals surface area contributed by atoms with Gasteiger partial charge in [-0.3, -0.25) is 0 Å². The summed E-state index contributed by atoms with van der Waals surface area (Å²) in [5.41, 5.74) is 2.14. The molecule has 2 aromatic carbocycles. The van der Waals surface area contributed by atoms with Gasteiger partial charge in [-0.15, -0.1) is 5.10 Å². The lowest BCUT2D eigenvalue weighted by atomic mass is 10.2. The maximum Gasteiger partial charge on any atom is 0.214 e. The molecule has 3 aromatic rings. The van der Waals surface area contributed by atoms with Crippen molar-refractivity contribution in [1.29, 1.82) is 0 Å². The first-order valence-electron chi connectivity index (χ1n) is 7.25. The number of tetrazole rings is 1. The Morgan fingerprint density at radius 3 is 2.71 bits per heavy atom. The van der Waals surface area contributed by atoms with Gasteiger partial charge in [-0.2, -0.15) is 4.68 Å². The van der Waals surface area contributed by atoms with E-state index in [1.807, 2.05) is 48.5 Å². The van der Waals surface area contributed by atoms with Crippen molar-refractivity contribution in [1.82, 2.24) is 25.5 Å². The molecule has 5 nitrogen and oxygen atoms in total. The van der Waals surface area contributed by atoms with Crippen LogP contribution in [0.2, 0.25) is 5.02 Å². The molecule has 24 heavy (non-hydrogen) atoms. The third-order valence-electron chi connectivity index (χ3n) is 3.17. The molecular formula is C16H16Cl2N5S-. The molecule has 8 heteroatoms. The van der Waals surface area contributed by atoms with Crippen molar-refractivity contribution in [3.8, 4) is 5.69 Å².